The van der Waals surface area contributed by atoms with E-state index in [-0.39, 0.29) is 12.3 Å². The molecule has 0 bridgehead atoms. The van der Waals surface area contributed by atoms with Gasteiger partial charge in [-0.1, -0.05) is 30.3 Å². The summed E-state index contributed by atoms with van der Waals surface area (Å²) in [6, 6.07) is 16.6. The van der Waals surface area contributed by atoms with Crippen LogP contribution in [0.3, 0.4) is 0 Å². The van der Waals surface area contributed by atoms with Gasteiger partial charge in [0.05, 0.1) is 18.7 Å². The van der Waals surface area contributed by atoms with Crippen molar-refractivity contribution in [2.75, 3.05) is 18.1 Å². The number of nitrogens with zero attached hydrogens (tertiary/aromatic N) is 1. The third-order valence-corrected chi connectivity index (χ3v) is 3.86. The number of carboxylic acid groups (broad SMARTS) is 1. The normalized spacial score (nSPS) is 16.1. The Bertz CT molecular complexity index is 746. The molecule has 1 aliphatic heterocycles. The highest BCUT2D eigenvalue weighted by atomic mass is 16.5. The van der Waals surface area contributed by atoms with Crippen molar-refractivity contribution in [1.82, 2.24) is 0 Å². The molecule has 0 radical (unpaired) electrons. The molecule has 6 nitrogen and oxygen atoms in total. The predicted molar refractivity (Wildman–Crippen MR) is 92.0 cm³/mol. The number of aliphatic carboxylic acids is 1. The highest BCUT2D eigenvalue weighted by Gasteiger charge is 2.35. The number of hydrogen-bond acceptors (Lipinski definition) is 4. The summed E-state index contributed by atoms with van der Waals surface area (Å²) in [5.74, 6) is -0.0943. The minimum absolute atomic E-state index is 0.333. The van der Waals surface area contributed by atoms with Crippen LogP contribution < -0.4 is 14.4 Å². The van der Waals surface area contributed by atoms with Gasteiger partial charge in [0.2, 0.25) is 0 Å². The standard InChI is InChI=1S/C19H19NO5/c21-18(22)13-17-19(23)20(15-9-4-5-10-16(15)25-17)11-6-12-24-14-7-2-1-3-8-14/h1-5,7-10,17H,6,11-13H2,(H,21,22). The molecule has 0 fully saturated rings. The SMILES string of the molecule is O=C(O)CC1Oc2ccccc2N(CCCOc2ccccc2)C1=O. The van der Waals surface area contributed by atoms with Crippen LogP contribution in [0.4, 0.5) is 5.69 Å². The Morgan fingerprint density at radius 3 is 2.60 bits per heavy atom. The molecule has 1 N–H and O–H groups in total. The zero-order chi connectivity index (χ0) is 17.6. The molecule has 0 saturated carbocycles. The molecule has 1 heterocycles. The van der Waals surface area contributed by atoms with Crippen molar-refractivity contribution in [2.24, 2.45) is 0 Å². The summed E-state index contributed by atoms with van der Waals surface area (Å²) < 4.78 is 11.2. The molecule has 0 spiro atoms. The van der Waals surface area contributed by atoms with Crippen LogP contribution >= 0.6 is 0 Å². The van der Waals surface area contributed by atoms with Gasteiger partial charge in [0, 0.05) is 6.54 Å². The van der Waals surface area contributed by atoms with Crippen LogP contribution in [-0.4, -0.2) is 36.2 Å². The lowest BCUT2D eigenvalue weighted by molar-refractivity contribution is -0.142. The van der Waals surface area contributed by atoms with Crippen molar-refractivity contribution in [3.8, 4) is 11.5 Å². The monoisotopic (exact) mass is 341 g/mol. The summed E-state index contributed by atoms with van der Waals surface area (Å²) in [6.07, 6.45) is -0.735. The van der Waals surface area contributed by atoms with Crippen molar-refractivity contribution >= 4 is 17.6 Å². The average Bonchev–Trinajstić information content (AvgIpc) is 2.61. The lowest BCUT2D eigenvalue weighted by Gasteiger charge is -2.33. The first kappa shape index (κ1) is 16.8. The number of para-hydroxylation sites is 3. The Morgan fingerprint density at radius 1 is 1.12 bits per heavy atom. The smallest absolute Gasteiger partial charge is 0.307 e. The summed E-state index contributed by atoms with van der Waals surface area (Å²) in [6.45, 7) is 0.891. The second kappa shape index (κ2) is 7.70. The molecule has 1 atom stereocenters. The van der Waals surface area contributed by atoms with E-state index in [2.05, 4.69) is 0 Å². The van der Waals surface area contributed by atoms with Gasteiger partial charge in [0.1, 0.15) is 11.5 Å². The highest BCUT2D eigenvalue weighted by molar-refractivity contribution is 6.01. The van der Waals surface area contributed by atoms with Crippen molar-refractivity contribution in [2.45, 2.75) is 18.9 Å². The van der Waals surface area contributed by atoms with Crippen LogP contribution in [0, 0.1) is 0 Å². The molecule has 3 rings (SSSR count). The highest BCUT2D eigenvalue weighted by Crippen LogP contribution is 2.34. The van der Waals surface area contributed by atoms with E-state index in [1.54, 1.807) is 23.1 Å². The van der Waals surface area contributed by atoms with Gasteiger partial charge in [-0.3, -0.25) is 9.59 Å². The van der Waals surface area contributed by atoms with E-state index >= 15 is 0 Å². The number of hydrogen-bond donors (Lipinski definition) is 1. The second-order valence-corrected chi connectivity index (χ2v) is 5.68. The molecule has 0 saturated heterocycles. The third-order valence-electron chi connectivity index (χ3n) is 3.86. The molecule has 1 unspecified atom stereocenters. The van der Waals surface area contributed by atoms with E-state index in [9.17, 15) is 9.59 Å². The maximum Gasteiger partial charge on any atom is 0.307 e. The van der Waals surface area contributed by atoms with Gasteiger partial charge in [-0.25, -0.2) is 0 Å². The maximum atomic E-state index is 12.6. The van der Waals surface area contributed by atoms with Crippen LogP contribution in [0.1, 0.15) is 12.8 Å². The Labute approximate surface area is 145 Å². The molecular formula is C19H19NO5. The van der Waals surface area contributed by atoms with Gasteiger partial charge >= 0.3 is 5.97 Å². The number of amides is 1. The minimum Gasteiger partial charge on any atom is -0.494 e. The summed E-state index contributed by atoms with van der Waals surface area (Å²) in [5, 5.41) is 8.99. The molecule has 1 aliphatic rings. The molecule has 0 aliphatic carbocycles. The number of carbonyl (C=O) groups is 2. The number of rotatable bonds is 7. The Balaban J connectivity index is 1.65. The van der Waals surface area contributed by atoms with E-state index in [1.165, 1.54) is 0 Å². The molecule has 1 amide bonds. The van der Waals surface area contributed by atoms with E-state index in [1.807, 2.05) is 36.4 Å². The fraction of sp³-hybridized carbons (Fsp3) is 0.263. The topological polar surface area (TPSA) is 76.1 Å². The fourth-order valence-electron chi connectivity index (χ4n) is 2.72. The number of carbonyl (C=O) groups excluding carboxylic acids is 1. The van der Waals surface area contributed by atoms with Crippen LogP contribution in [0.15, 0.2) is 54.6 Å². The molecule has 2 aromatic rings. The summed E-state index contributed by atoms with van der Waals surface area (Å²) in [5.41, 5.74) is 0.661. The summed E-state index contributed by atoms with van der Waals surface area (Å²) in [7, 11) is 0. The van der Waals surface area contributed by atoms with Gasteiger partial charge in [-0.15, -0.1) is 0 Å². The molecule has 130 valence electrons. The number of anilines is 1. The van der Waals surface area contributed by atoms with E-state index in [0.29, 0.717) is 31.0 Å². The predicted octanol–water partition coefficient (Wildman–Crippen LogP) is 2.72. The van der Waals surface area contributed by atoms with E-state index in [0.717, 1.165) is 5.75 Å². The van der Waals surface area contributed by atoms with Crippen LogP contribution in [0.5, 0.6) is 11.5 Å². The van der Waals surface area contributed by atoms with Crippen molar-refractivity contribution in [1.29, 1.82) is 0 Å². The van der Waals surface area contributed by atoms with Crippen molar-refractivity contribution in [3.63, 3.8) is 0 Å². The minimum atomic E-state index is -1.06. The largest absolute Gasteiger partial charge is 0.494 e. The number of benzene rings is 2. The fourth-order valence-corrected chi connectivity index (χ4v) is 2.72. The summed E-state index contributed by atoms with van der Waals surface area (Å²) in [4.78, 5) is 25.1. The van der Waals surface area contributed by atoms with Gasteiger partial charge in [0.25, 0.3) is 5.91 Å². The van der Waals surface area contributed by atoms with Crippen LogP contribution in [-0.2, 0) is 9.59 Å². The first-order chi connectivity index (χ1) is 12.1. The molecule has 2 aromatic carbocycles. The van der Waals surface area contributed by atoms with Crippen LogP contribution in [0.25, 0.3) is 0 Å². The Hall–Kier alpha value is -3.02. The zero-order valence-electron chi connectivity index (χ0n) is 13.6. The molecule has 6 heteroatoms. The van der Waals surface area contributed by atoms with Gasteiger partial charge in [0.15, 0.2) is 6.10 Å². The Morgan fingerprint density at radius 2 is 1.84 bits per heavy atom. The molecule has 25 heavy (non-hydrogen) atoms. The Kier molecular flexibility index (Phi) is 5.18. The number of carboxylic acids is 1. The first-order valence-corrected chi connectivity index (χ1v) is 8.12. The molecule has 0 aromatic heterocycles. The van der Waals surface area contributed by atoms with Crippen molar-refractivity contribution in [3.05, 3.63) is 54.6 Å². The zero-order valence-corrected chi connectivity index (χ0v) is 13.6. The van der Waals surface area contributed by atoms with E-state index < -0.39 is 12.1 Å². The van der Waals surface area contributed by atoms with Crippen LogP contribution in [0.2, 0.25) is 0 Å². The summed E-state index contributed by atoms with van der Waals surface area (Å²) >= 11 is 0. The maximum absolute atomic E-state index is 12.6. The van der Waals surface area contributed by atoms with Gasteiger partial charge < -0.3 is 19.5 Å². The lowest BCUT2D eigenvalue weighted by Crippen LogP contribution is -2.47. The second-order valence-electron chi connectivity index (χ2n) is 5.68. The van der Waals surface area contributed by atoms with E-state index in [4.69, 9.17) is 14.6 Å². The quantitative estimate of drug-likeness (QED) is 0.784. The van der Waals surface area contributed by atoms with Gasteiger partial charge in [-0.05, 0) is 30.7 Å². The first-order valence-electron chi connectivity index (χ1n) is 8.12. The van der Waals surface area contributed by atoms with Gasteiger partial charge in [-0.2, -0.15) is 0 Å². The molecular weight excluding hydrogens is 322 g/mol. The third kappa shape index (κ3) is 4.09. The number of ether oxygens (including phenoxy) is 2. The lowest BCUT2D eigenvalue weighted by atomic mass is 10.1. The average molecular weight is 341 g/mol. The van der Waals surface area contributed by atoms with Crippen molar-refractivity contribution < 1.29 is 24.2 Å². The number of fused-ring (bicyclic) bond motifs is 1.